The van der Waals surface area contributed by atoms with E-state index in [1.165, 1.54) is 6.07 Å². The van der Waals surface area contributed by atoms with Crippen molar-refractivity contribution in [2.75, 3.05) is 0 Å². The molecule has 0 fully saturated rings. The molecule has 0 aromatic heterocycles. The summed E-state index contributed by atoms with van der Waals surface area (Å²) in [5.74, 6) is -0.769. The van der Waals surface area contributed by atoms with Gasteiger partial charge in [-0.15, -0.1) is 0 Å². The van der Waals surface area contributed by atoms with Crippen molar-refractivity contribution in [1.82, 2.24) is 0 Å². The summed E-state index contributed by atoms with van der Waals surface area (Å²) in [6.07, 6.45) is 0. The minimum absolute atomic E-state index is 0.0760. The smallest absolute Gasteiger partial charge is 0.196 e. The van der Waals surface area contributed by atoms with Gasteiger partial charge in [0.1, 0.15) is 5.82 Å². The second-order valence-corrected chi connectivity index (χ2v) is 5.76. The van der Waals surface area contributed by atoms with Gasteiger partial charge in [0.25, 0.3) is 0 Å². The van der Waals surface area contributed by atoms with Crippen LogP contribution in [0.4, 0.5) is 4.39 Å². The van der Waals surface area contributed by atoms with E-state index in [0.29, 0.717) is 16.1 Å². The molecule has 0 amide bonds. The second kappa shape index (κ2) is 5.61. The Bertz CT molecular complexity index is 671. The van der Waals surface area contributed by atoms with Crippen molar-refractivity contribution >= 4 is 44.9 Å². The molecular formula is C14H8BrCl2FO. The van der Waals surface area contributed by atoms with Crippen molar-refractivity contribution in [3.63, 3.8) is 0 Å². The molecule has 0 heterocycles. The van der Waals surface area contributed by atoms with Crippen LogP contribution in [0.3, 0.4) is 0 Å². The topological polar surface area (TPSA) is 17.1 Å². The lowest BCUT2D eigenvalue weighted by molar-refractivity contribution is 0.103. The van der Waals surface area contributed by atoms with Crippen LogP contribution in [0.5, 0.6) is 0 Å². The Morgan fingerprint density at radius 3 is 2.37 bits per heavy atom. The summed E-state index contributed by atoms with van der Waals surface area (Å²) in [4.78, 5) is 12.4. The standard InChI is InChI=1S/C14H8BrCl2FO/c1-7-4-10(12(17)6-13(7)18)14(19)9-3-2-8(15)5-11(9)16/h2-6H,1H3. The zero-order valence-electron chi connectivity index (χ0n) is 9.81. The molecule has 0 N–H and O–H groups in total. The average Bonchev–Trinajstić information content (AvgIpc) is 2.33. The number of hydrogen-bond acceptors (Lipinski definition) is 1. The zero-order chi connectivity index (χ0) is 14.2. The van der Waals surface area contributed by atoms with E-state index in [1.54, 1.807) is 25.1 Å². The molecule has 0 aliphatic carbocycles. The Kier molecular flexibility index (Phi) is 4.29. The molecule has 0 atom stereocenters. The monoisotopic (exact) mass is 360 g/mol. The summed E-state index contributed by atoms with van der Waals surface area (Å²) in [6, 6.07) is 7.50. The number of aryl methyl sites for hydroxylation is 1. The average molecular weight is 362 g/mol. The molecule has 1 nitrogen and oxygen atoms in total. The molecule has 0 aliphatic rings. The highest BCUT2D eigenvalue weighted by atomic mass is 79.9. The normalized spacial score (nSPS) is 10.6. The summed E-state index contributed by atoms with van der Waals surface area (Å²) >= 11 is 15.2. The van der Waals surface area contributed by atoms with Crippen LogP contribution in [-0.2, 0) is 0 Å². The fourth-order valence-corrected chi connectivity index (χ4v) is 2.65. The maximum atomic E-state index is 13.3. The molecule has 0 saturated heterocycles. The number of hydrogen-bond donors (Lipinski definition) is 0. The molecular weight excluding hydrogens is 354 g/mol. The van der Waals surface area contributed by atoms with Crippen LogP contribution in [0.2, 0.25) is 10.0 Å². The van der Waals surface area contributed by atoms with Gasteiger partial charge in [-0.1, -0.05) is 39.1 Å². The van der Waals surface area contributed by atoms with E-state index in [9.17, 15) is 9.18 Å². The van der Waals surface area contributed by atoms with E-state index < -0.39 is 5.82 Å². The fourth-order valence-electron chi connectivity index (χ4n) is 1.65. The highest BCUT2D eigenvalue weighted by Gasteiger charge is 2.17. The molecule has 2 rings (SSSR count). The van der Waals surface area contributed by atoms with Crippen LogP contribution < -0.4 is 0 Å². The molecule has 0 spiro atoms. The number of rotatable bonds is 2. The van der Waals surface area contributed by atoms with Gasteiger partial charge < -0.3 is 0 Å². The summed E-state index contributed by atoms with van der Waals surface area (Å²) in [5, 5.41) is 0.393. The Labute approximate surface area is 128 Å². The SMILES string of the molecule is Cc1cc(C(=O)c2ccc(Br)cc2Cl)c(Cl)cc1F. The Balaban J connectivity index is 2.53. The van der Waals surface area contributed by atoms with Crippen LogP contribution in [-0.4, -0.2) is 5.78 Å². The van der Waals surface area contributed by atoms with Gasteiger partial charge in [0.05, 0.1) is 10.0 Å². The Morgan fingerprint density at radius 1 is 1.11 bits per heavy atom. The third kappa shape index (κ3) is 2.99. The van der Waals surface area contributed by atoms with Crippen molar-refractivity contribution in [1.29, 1.82) is 0 Å². The van der Waals surface area contributed by atoms with Crippen LogP contribution in [0, 0.1) is 12.7 Å². The van der Waals surface area contributed by atoms with Crippen LogP contribution in [0.15, 0.2) is 34.8 Å². The van der Waals surface area contributed by atoms with Gasteiger partial charge in [-0.3, -0.25) is 4.79 Å². The molecule has 0 aliphatic heterocycles. The third-order valence-corrected chi connectivity index (χ3v) is 3.79. The van der Waals surface area contributed by atoms with Crippen LogP contribution in [0.25, 0.3) is 0 Å². The van der Waals surface area contributed by atoms with Gasteiger partial charge in [-0.2, -0.15) is 0 Å². The van der Waals surface area contributed by atoms with Crippen molar-refractivity contribution in [2.45, 2.75) is 6.92 Å². The lowest BCUT2D eigenvalue weighted by atomic mass is 10.0. The first kappa shape index (κ1) is 14.5. The van der Waals surface area contributed by atoms with Crippen molar-refractivity contribution < 1.29 is 9.18 Å². The first-order chi connectivity index (χ1) is 8.90. The maximum Gasteiger partial charge on any atom is 0.196 e. The van der Waals surface area contributed by atoms with Gasteiger partial charge in [0.2, 0.25) is 0 Å². The van der Waals surface area contributed by atoms with E-state index in [0.717, 1.165) is 10.5 Å². The highest BCUT2D eigenvalue weighted by Crippen LogP contribution is 2.27. The summed E-state index contributed by atoms with van der Waals surface area (Å²) < 4.78 is 14.1. The second-order valence-electron chi connectivity index (χ2n) is 4.03. The van der Waals surface area contributed by atoms with Crippen molar-refractivity contribution in [3.05, 3.63) is 67.4 Å². The molecule has 0 bridgehead atoms. The number of carbonyl (C=O) groups is 1. The predicted octanol–water partition coefficient (Wildman–Crippen LogP) is 5.43. The molecule has 0 saturated carbocycles. The first-order valence-corrected chi connectivity index (χ1v) is 6.90. The number of ketones is 1. The lowest BCUT2D eigenvalue weighted by Crippen LogP contribution is -2.04. The summed E-state index contributed by atoms with van der Waals surface area (Å²) in [5.41, 5.74) is 0.934. The van der Waals surface area contributed by atoms with Crippen molar-refractivity contribution in [2.24, 2.45) is 0 Å². The van der Waals surface area contributed by atoms with E-state index in [1.807, 2.05) is 0 Å². The summed E-state index contributed by atoms with van der Waals surface area (Å²) in [7, 11) is 0. The maximum absolute atomic E-state index is 13.3. The molecule has 2 aromatic rings. The first-order valence-electron chi connectivity index (χ1n) is 5.35. The fraction of sp³-hybridized carbons (Fsp3) is 0.0714. The third-order valence-electron chi connectivity index (χ3n) is 2.67. The zero-order valence-corrected chi connectivity index (χ0v) is 12.9. The molecule has 5 heteroatoms. The molecule has 0 unspecified atom stereocenters. The minimum Gasteiger partial charge on any atom is -0.288 e. The van der Waals surface area contributed by atoms with E-state index in [-0.39, 0.29) is 16.4 Å². The van der Waals surface area contributed by atoms with E-state index >= 15 is 0 Å². The number of carbonyl (C=O) groups excluding carboxylic acids is 1. The largest absolute Gasteiger partial charge is 0.288 e. The molecule has 98 valence electrons. The van der Waals surface area contributed by atoms with Gasteiger partial charge in [-0.05, 0) is 42.8 Å². The molecule has 2 aromatic carbocycles. The number of benzene rings is 2. The van der Waals surface area contributed by atoms with E-state index in [2.05, 4.69) is 15.9 Å². The van der Waals surface area contributed by atoms with Crippen LogP contribution in [0.1, 0.15) is 21.5 Å². The van der Waals surface area contributed by atoms with E-state index in [4.69, 9.17) is 23.2 Å². The Hall–Kier alpha value is -0.900. The lowest BCUT2D eigenvalue weighted by Gasteiger charge is -2.08. The van der Waals surface area contributed by atoms with Crippen molar-refractivity contribution in [3.8, 4) is 0 Å². The summed E-state index contributed by atoms with van der Waals surface area (Å²) in [6.45, 7) is 1.58. The van der Waals surface area contributed by atoms with Gasteiger partial charge >= 0.3 is 0 Å². The van der Waals surface area contributed by atoms with Gasteiger partial charge in [0.15, 0.2) is 5.78 Å². The minimum atomic E-state index is -0.441. The van der Waals surface area contributed by atoms with Gasteiger partial charge in [-0.25, -0.2) is 4.39 Å². The number of halogens is 4. The predicted molar refractivity (Wildman–Crippen MR) is 78.7 cm³/mol. The highest BCUT2D eigenvalue weighted by molar-refractivity contribution is 9.10. The quantitative estimate of drug-likeness (QED) is 0.651. The van der Waals surface area contributed by atoms with Crippen LogP contribution >= 0.6 is 39.1 Å². The van der Waals surface area contributed by atoms with Gasteiger partial charge in [0, 0.05) is 15.6 Å². The Morgan fingerprint density at radius 2 is 1.74 bits per heavy atom. The molecule has 19 heavy (non-hydrogen) atoms. The molecule has 0 radical (unpaired) electrons.